The quantitative estimate of drug-likeness (QED) is 0.606. The maximum atomic E-state index is 12.8. The van der Waals surface area contributed by atoms with Crippen LogP contribution in [-0.4, -0.2) is 12.1 Å². The highest BCUT2D eigenvalue weighted by Gasteiger charge is 2.08. The maximum Gasteiger partial charge on any atom is 0.163 e. The summed E-state index contributed by atoms with van der Waals surface area (Å²) in [6.07, 6.45) is 1.57. The second-order valence-corrected chi connectivity index (χ2v) is 5.36. The monoisotopic (exact) mass is 334 g/mol. The lowest BCUT2D eigenvalue weighted by molar-refractivity contribution is 0.0982. The first-order valence-corrected chi connectivity index (χ1v) is 6.91. The third-order valence-electron chi connectivity index (χ3n) is 2.93. The van der Waals surface area contributed by atoms with Crippen molar-refractivity contribution in [2.75, 3.05) is 0 Å². The van der Waals surface area contributed by atoms with E-state index in [2.05, 4.69) is 15.9 Å². The fraction of sp³-hybridized carbons (Fsp3) is 0.125. The van der Waals surface area contributed by atoms with Crippen molar-refractivity contribution in [3.8, 4) is 0 Å². The molecule has 0 unspecified atom stereocenters. The number of benzene rings is 2. The lowest BCUT2D eigenvalue weighted by Crippen LogP contribution is -2.02. The molecule has 0 aromatic heterocycles. The topological polar surface area (TPSA) is 34.1 Å². The van der Waals surface area contributed by atoms with Crippen molar-refractivity contribution in [2.45, 2.75) is 12.8 Å². The molecule has 0 atom stereocenters. The number of halogens is 2. The summed E-state index contributed by atoms with van der Waals surface area (Å²) in [5.74, 6) is -0.332. The van der Waals surface area contributed by atoms with Crippen LogP contribution in [-0.2, 0) is 6.42 Å². The number of aryl methyl sites for hydroxylation is 1. The second-order valence-electron chi connectivity index (χ2n) is 4.44. The molecule has 0 N–H and O–H groups in total. The van der Waals surface area contributed by atoms with E-state index < -0.39 is 0 Å². The Bertz CT molecular complexity index is 635. The van der Waals surface area contributed by atoms with Crippen LogP contribution < -0.4 is 0 Å². The van der Waals surface area contributed by atoms with Crippen molar-refractivity contribution < 1.29 is 14.0 Å². The fourth-order valence-corrected chi connectivity index (χ4v) is 2.41. The number of ketones is 1. The SMILES string of the molecule is O=Cc1cc(Br)cc(C(=O)CCc2ccc(F)cc2)c1. The third-order valence-corrected chi connectivity index (χ3v) is 3.39. The first-order chi connectivity index (χ1) is 9.58. The van der Waals surface area contributed by atoms with E-state index in [0.717, 1.165) is 5.56 Å². The molecule has 0 saturated carbocycles. The van der Waals surface area contributed by atoms with Crippen molar-refractivity contribution in [2.24, 2.45) is 0 Å². The van der Waals surface area contributed by atoms with E-state index in [4.69, 9.17) is 0 Å². The van der Waals surface area contributed by atoms with E-state index in [9.17, 15) is 14.0 Å². The van der Waals surface area contributed by atoms with Gasteiger partial charge in [0.2, 0.25) is 0 Å². The molecule has 0 fully saturated rings. The van der Waals surface area contributed by atoms with Gasteiger partial charge in [-0.15, -0.1) is 0 Å². The standard InChI is InChI=1S/C16H12BrFO2/c17-14-8-12(10-19)7-13(9-14)16(20)6-3-11-1-4-15(18)5-2-11/h1-2,4-5,7-10H,3,6H2. The van der Waals surface area contributed by atoms with Gasteiger partial charge in [-0.1, -0.05) is 28.1 Å². The molecule has 0 spiro atoms. The molecule has 102 valence electrons. The van der Waals surface area contributed by atoms with E-state index >= 15 is 0 Å². The van der Waals surface area contributed by atoms with Gasteiger partial charge >= 0.3 is 0 Å². The number of carbonyl (C=O) groups is 2. The minimum Gasteiger partial charge on any atom is -0.298 e. The zero-order chi connectivity index (χ0) is 14.5. The van der Waals surface area contributed by atoms with Crippen molar-refractivity contribution in [3.05, 3.63) is 69.4 Å². The smallest absolute Gasteiger partial charge is 0.163 e. The van der Waals surface area contributed by atoms with Crippen molar-refractivity contribution in [1.82, 2.24) is 0 Å². The molecule has 4 heteroatoms. The number of hydrogen-bond donors (Lipinski definition) is 0. The zero-order valence-electron chi connectivity index (χ0n) is 10.6. The Morgan fingerprint density at radius 1 is 1.15 bits per heavy atom. The predicted octanol–water partition coefficient (Wildman–Crippen LogP) is 4.22. The van der Waals surface area contributed by atoms with Crippen LogP contribution in [0.25, 0.3) is 0 Å². The van der Waals surface area contributed by atoms with Crippen LogP contribution in [0.1, 0.15) is 32.7 Å². The molecule has 0 saturated heterocycles. The molecule has 2 aromatic rings. The highest BCUT2D eigenvalue weighted by Crippen LogP contribution is 2.17. The summed E-state index contributed by atoms with van der Waals surface area (Å²) in [4.78, 5) is 22.9. The molecule has 2 rings (SSSR count). The highest BCUT2D eigenvalue weighted by molar-refractivity contribution is 9.10. The molecule has 20 heavy (non-hydrogen) atoms. The van der Waals surface area contributed by atoms with E-state index in [1.54, 1.807) is 30.3 Å². The van der Waals surface area contributed by atoms with Crippen LogP contribution in [0.5, 0.6) is 0 Å². The Morgan fingerprint density at radius 3 is 2.50 bits per heavy atom. The zero-order valence-corrected chi connectivity index (χ0v) is 12.2. The summed E-state index contributed by atoms with van der Waals surface area (Å²) in [7, 11) is 0. The molecule has 0 amide bonds. The first kappa shape index (κ1) is 14.6. The minimum absolute atomic E-state index is 0.0428. The summed E-state index contributed by atoms with van der Waals surface area (Å²) < 4.78 is 13.5. The summed E-state index contributed by atoms with van der Waals surface area (Å²) in [5.41, 5.74) is 1.87. The second kappa shape index (κ2) is 6.57. The summed E-state index contributed by atoms with van der Waals surface area (Å²) in [6.45, 7) is 0. The van der Waals surface area contributed by atoms with Crippen molar-refractivity contribution >= 4 is 28.0 Å². The Kier molecular flexibility index (Phi) is 4.79. The molecule has 0 radical (unpaired) electrons. The molecule has 0 aliphatic heterocycles. The Hall–Kier alpha value is -1.81. The van der Waals surface area contributed by atoms with Gasteiger partial charge in [0.1, 0.15) is 12.1 Å². The van der Waals surface area contributed by atoms with Gasteiger partial charge in [0, 0.05) is 22.0 Å². The highest BCUT2D eigenvalue weighted by atomic mass is 79.9. The van der Waals surface area contributed by atoms with E-state index in [1.807, 2.05) is 0 Å². The van der Waals surface area contributed by atoms with Gasteiger partial charge in [0.25, 0.3) is 0 Å². The predicted molar refractivity (Wildman–Crippen MR) is 78.6 cm³/mol. The number of carbonyl (C=O) groups excluding carboxylic acids is 2. The molecule has 0 bridgehead atoms. The molecule has 2 nitrogen and oxygen atoms in total. The van der Waals surface area contributed by atoms with E-state index in [1.165, 1.54) is 12.1 Å². The average Bonchev–Trinajstić information content (AvgIpc) is 2.45. The first-order valence-electron chi connectivity index (χ1n) is 6.12. The molecule has 0 aliphatic carbocycles. The van der Waals surface area contributed by atoms with Gasteiger partial charge in [-0.05, 0) is 42.3 Å². The lowest BCUT2D eigenvalue weighted by Gasteiger charge is -2.04. The van der Waals surface area contributed by atoms with E-state index in [-0.39, 0.29) is 11.6 Å². The van der Waals surface area contributed by atoms with Crippen molar-refractivity contribution in [1.29, 1.82) is 0 Å². The minimum atomic E-state index is -0.289. The molecular weight excluding hydrogens is 323 g/mol. The molecule has 0 aliphatic rings. The molecular formula is C16H12BrFO2. The van der Waals surface area contributed by atoms with Crippen LogP contribution in [0.15, 0.2) is 46.9 Å². The van der Waals surface area contributed by atoms with Gasteiger partial charge < -0.3 is 0 Å². The number of aldehydes is 1. The van der Waals surface area contributed by atoms with Crippen LogP contribution >= 0.6 is 15.9 Å². The Labute approximate surface area is 124 Å². The van der Waals surface area contributed by atoms with E-state index in [0.29, 0.717) is 34.7 Å². The van der Waals surface area contributed by atoms with Gasteiger partial charge in [-0.3, -0.25) is 9.59 Å². The normalized spacial score (nSPS) is 10.3. The largest absolute Gasteiger partial charge is 0.298 e. The van der Waals surface area contributed by atoms with Crippen LogP contribution in [0.4, 0.5) is 4.39 Å². The van der Waals surface area contributed by atoms with Crippen molar-refractivity contribution in [3.63, 3.8) is 0 Å². The summed E-state index contributed by atoms with van der Waals surface area (Å²) >= 11 is 3.27. The number of Topliss-reactive ketones (excluding diaryl/α,β-unsaturated/α-hetero) is 1. The maximum absolute atomic E-state index is 12.8. The Balaban J connectivity index is 2.06. The van der Waals surface area contributed by atoms with Crippen LogP contribution in [0, 0.1) is 5.82 Å². The summed E-state index contributed by atoms with van der Waals surface area (Å²) in [6, 6.07) is 11.0. The van der Waals surface area contributed by atoms with Gasteiger partial charge in [-0.2, -0.15) is 0 Å². The van der Waals surface area contributed by atoms with Gasteiger partial charge in [-0.25, -0.2) is 4.39 Å². The molecule has 2 aromatic carbocycles. The van der Waals surface area contributed by atoms with Gasteiger partial charge in [0.05, 0.1) is 0 Å². The Morgan fingerprint density at radius 2 is 1.85 bits per heavy atom. The van der Waals surface area contributed by atoms with Crippen LogP contribution in [0.2, 0.25) is 0 Å². The lowest BCUT2D eigenvalue weighted by atomic mass is 10.0. The summed E-state index contributed by atoms with van der Waals surface area (Å²) in [5, 5.41) is 0. The number of rotatable bonds is 5. The third kappa shape index (κ3) is 3.84. The average molecular weight is 335 g/mol. The fourth-order valence-electron chi connectivity index (χ4n) is 1.89. The molecule has 0 heterocycles. The number of hydrogen-bond acceptors (Lipinski definition) is 2. The van der Waals surface area contributed by atoms with Crippen LogP contribution in [0.3, 0.4) is 0 Å². The van der Waals surface area contributed by atoms with Gasteiger partial charge in [0.15, 0.2) is 5.78 Å².